The molecule has 4 aromatic rings. The Balaban J connectivity index is 1.46. The fourth-order valence-corrected chi connectivity index (χ4v) is 4.49. The average Bonchev–Trinajstić information content (AvgIpc) is 3.48. The number of fused-ring (bicyclic) bond motifs is 1. The lowest BCUT2D eigenvalue weighted by molar-refractivity contribution is 0.100. The van der Waals surface area contributed by atoms with Crippen molar-refractivity contribution < 1.29 is 18.3 Å². The Morgan fingerprint density at radius 1 is 1.20 bits per heavy atom. The van der Waals surface area contributed by atoms with Gasteiger partial charge in [0.2, 0.25) is 0 Å². The molecule has 0 unspecified atom stereocenters. The van der Waals surface area contributed by atoms with Crippen LogP contribution in [-0.4, -0.2) is 34.2 Å². The fraction of sp³-hybridized carbons (Fsp3) is 0.240. The highest BCUT2D eigenvalue weighted by Crippen LogP contribution is 2.37. The van der Waals surface area contributed by atoms with Crippen molar-refractivity contribution in [3.05, 3.63) is 83.1 Å². The van der Waals surface area contributed by atoms with Crippen molar-refractivity contribution in [1.82, 2.24) is 14.6 Å². The monoisotopic (exact) mass is 478 g/mol. The summed E-state index contributed by atoms with van der Waals surface area (Å²) in [7, 11) is 1.60. The number of halogens is 2. The highest BCUT2D eigenvalue weighted by molar-refractivity contribution is 6.03. The van der Waals surface area contributed by atoms with Gasteiger partial charge in [0.25, 0.3) is 5.91 Å². The molecule has 1 aliphatic rings. The van der Waals surface area contributed by atoms with Gasteiger partial charge in [-0.2, -0.15) is 0 Å². The molecule has 2 aromatic heterocycles. The van der Waals surface area contributed by atoms with Gasteiger partial charge in [-0.05, 0) is 54.8 Å². The van der Waals surface area contributed by atoms with Crippen LogP contribution in [-0.2, 0) is 6.54 Å². The van der Waals surface area contributed by atoms with Gasteiger partial charge in [-0.15, -0.1) is 5.10 Å². The number of nitrogens with zero attached hydrogens (tertiary/aromatic N) is 4. The van der Waals surface area contributed by atoms with E-state index in [1.807, 2.05) is 29.2 Å². The zero-order valence-corrected chi connectivity index (χ0v) is 19.0. The van der Waals surface area contributed by atoms with Crippen LogP contribution >= 0.6 is 0 Å². The first-order valence-corrected chi connectivity index (χ1v) is 11.2. The molecule has 3 heterocycles. The number of carbonyl (C=O) groups is 1. The second-order valence-corrected chi connectivity index (χ2v) is 8.36. The first kappa shape index (κ1) is 22.6. The number of nitrogens with two attached hydrogens (primary N) is 1. The second kappa shape index (κ2) is 9.21. The number of carbonyl (C=O) groups excluding carboxylic acids is 1. The van der Waals surface area contributed by atoms with E-state index in [0.717, 1.165) is 29.9 Å². The number of amides is 1. The molecular weight excluding hydrogens is 454 g/mol. The Morgan fingerprint density at radius 3 is 2.74 bits per heavy atom. The maximum atomic E-state index is 14.5. The van der Waals surface area contributed by atoms with Crippen LogP contribution in [0, 0.1) is 11.6 Å². The second-order valence-electron chi connectivity index (χ2n) is 8.36. The standard InChI is InChI=1S/C25H24F2N6O2/c1-35-17-7-4-15(5-8-17)14-29-24-22(23(28)34)25-30-21(10-12-33(25)31-24)32-11-2-3-20(32)18-13-16(26)6-9-19(18)27/h4-10,12-13,20H,2-3,11,14H2,1H3,(H2,28,34)(H,29,31)/t20-/m0/s1. The minimum absolute atomic E-state index is 0.160. The van der Waals surface area contributed by atoms with Crippen molar-refractivity contribution in [2.45, 2.75) is 25.4 Å². The predicted molar refractivity (Wildman–Crippen MR) is 128 cm³/mol. The third kappa shape index (κ3) is 4.34. The summed E-state index contributed by atoms with van der Waals surface area (Å²) in [6.07, 6.45) is 3.13. The van der Waals surface area contributed by atoms with Crippen LogP contribution in [0.2, 0.25) is 0 Å². The van der Waals surface area contributed by atoms with E-state index in [0.29, 0.717) is 31.1 Å². The lowest BCUT2D eigenvalue weighted by Crippen LogP contribution is -2.25. The number of hydrogen-bond donors (Lipinski definition) is 2. The van der Waals surface area contributed by atoms with Gasteiger partial charge in [0, 0.05) is 24.8 Å². The summed E-state index contributed by atoms with van der Waals surface area (Å²) in [5.41, 5.74) is 7.40. The minimum Gasteiger partial charge on any atom is -0.497 e. The van der Waals surface area contributed by atoms with Crippen LogP contribution in [0.4, 0.5) is 20.4 Å². The number of methoxy groups -OCH3 is 1. The third-order valence-corrected chi connectivity index (χ3v) is 6.20. The van der Waals surface area contributed by atoms with Crippen LogP contribution < -0.4 is 20.7 Å². The van der Waals surface area contributed by atoms with Crippen LogP contribution in [0.5, 0.6) is 5.75 Å². The van der Waals surface area contributed by atoms with E-state index in [9.17, 15) is 13.6 Å². The van der Waals surface area contributed by atoms with Gasteiger partial charge >= 0.3 is 0 Å². The zero-order valence-electron chi connectivity index (χ0n) is 19.0. The smallest absolute Gasteiger partial charge is 0.256 e. The molecule has 3 N–H and O–H groups in total. The number of hydrogen-bond acceptors (Lipinski definition) is 6. The number of ether oxygens (including phenoxy) is 1. The lowest BCUT2D eigenvalue weighted by atomic mass is 10.0. The van der Waals surface area contributed by atoms with E-state index < -0.39 is 17.5 Å². The van der Waals surface area contributed by atoms with Crippen LogP contribution in [0.15, 0.2) is 54.7 Å². The zero-order chi connectivity index (χ0) is 24.5. The molecule has 1 amide bonds. The van der Waals surface area contributed by atoms with E-state index in [-0.39, 0.29) is 22.8 Å². The molecule has 10 heteroatoms. The Hall–Kier alpha value is -4.21. The number of nitrogens with one attached hydrogen (secondary N) is 1. The van der Waals surface area contributed by atoms with Gasteiger partial charge in [0.1, 0.15) is 28.8 Å². The number of anilines is 2. The van der Waals surface area contributed by atoms with E-state index in [4.69, 9.17) is 10.5 Å². The SMILES string of the molecule is COc1ccc(CNc2nn3ccc(N4CCC[C@H]4c4cc(F)ccc4F)nc3c2C(N)=O)cc1. The van der Waals surface area contributed by atoms with Crippen molar-refractivity contribution in [3.8, 4) is 5.75 Å². The van der Waals surface area contributed by atoms with Crippen LogP contribution in [0.1, 0.15) is 40.4 Å². The normalized spacial score (nSPS) is 15.5. The van der Waals surface area contributed by atoms with Crippen molar-refractivity contribution >= 4 is 23.2 Å². The molecule has 0 saturated carbocycles. The molecule has 5 rings (SSSR count). The molecule has 0 bridgehead atoms. The van der Waals surface area contributed by atoms with Gasteiger partial charge in [0.05, 0.1) is 13.2 Å². The summed E-state index contributed by atoms with van der Waals surface area (Å²) in [4.78, 5) is 18.9. The Kier molecular flexibility index (Phi) is 5.94. The van der Waals surface area contributed by atoms with Gasteiger partial charge in [-0.3, -0.25) is 4.79 Å². The minimum atomic E-state index is -0.670. The van der Waals surface area contributed by atoms with E-state index in [1.165, 1.54) is 10.6 Å². The maximum Gasteiger partial charge on any atom is 0.256 e. The molecule has 1 atom stereocenters. The molecular formula is C25H24F2N6O2. The van der Waals surface area contributed by atoms with Crippen molar-refractivity contribution in [2.24, 2.45) is 5.73 Å². The van der Waals surface area contributed by atoms with E-state index in [1.54, 1.807) is 19.4 Å². The molecule has 0 aliphatic carbocycles. The fourth-order valence-electron chi connectivity index (χ4n) is 4.49. The molecule has 35 heavy (non-hydrogen) atoms. The van der Waals surface area contributed by atoms with Crippen molar-refractivity contribution in [3.63, 3.8) is 0 Å². The van der Waals surface area contributed by atoms with Crippen molar-refractivity contribution in [2.75, 3.05) is 23.9 Å². The number of rotatable bonds is 7. The van der Waals surface area contributed by atoms with Gasteiger partial charge in [0.15, 0.2) is 11.5 Å². The summed E-state index contributed by atoms with van der Waals surface area (Å²) >= 11 is 0. The number of benzene rings is 2. The van der Waals surface area contributed by atoms with Crippen molar-refractivity contribution in [1.29, 1.82) is 0 Å². The third-order valence-electron chi connectivity index (χ3n) is 6.20. The first-order valence-electron chi connectivity index (χ1n) is 11.2. The lowest BCUT2D eigenvalue weighted by Gasteiger charge is -2.26. The molecule has 0 radical (unpaired) electrons. The van der Waals surface area contributed by atoms with Gasteiger partial charge in [-0.1, -0.05) is 12.1 Å². The first-order chi connectivity index (χ1) is 16.9. The number of primary amides is 1. The molecule has 1 aliphatic heterocycles. The van der Waals surface area contributed by atoms with Gasteiger partial charge in [-0.25, -0.2) is 18.3 Å². The quantitative estimate of drug-likeness (QED) is 0.416. The summed E-state index contributed by atoms with van der Waals surface area (Å²) in [6.45, 7) is 1.03. The predicted octanol–water partition coefficient (Wildman–Crippen LogP) is 4.07. The molecule has 2 aromatic carbocycles. The highest BCUT2D eigenvalue weighted by atomic mass is 19.1. The molecule has 1 fully saturated rings. The van der Waals surface area contributed by atoms with Gasteiger partial charge < -0.3 is 20.7 Å². The Morgan fingerprint density at radius 2 is 2.00 bits per heavy atom. The van der Waals surface area contributed by atoms with E-state index >= 15 is 0 Å². The topological polar surface area (TPSA) is 97.8 Å². The van der Waals surface area contributed by atoms with Crippen LogP contribution in [0.3, 0.4) is 0 Å². The molecule has 8 nitrogen and oxygen atoms in total. The Bertz CT molecular complexity index is 1390. The largest absolute Gasteiger partial charge is 0.497 e. The maximum absolute atomic E-state index is 14.5. The number of aromatic nitrogens is 3. The molecule has 0 spiro atoms. The summed E-state index contributed by atoms with van der Waals surface area (Å²) in [5.74, 6) is -0.0297. The molecule has 1 saturated heterocycles. The van der Waals surface area contributed by atoms with E-state index in [2.05, 4.69) is 15.4 Å². The summed E-state index contributed by atoms with van der Waals surface area (Å²) in [5, 5.41) is 7.60. The summed E-state index contributed by atoms with van der Waals surface area (Å²) in [6, 6.07) is 12.3. The van der Waals surface area contributed by atoms with Crippen LogP contribution in [0.25, 0.3) is 5.65 Å². The Labute approximate surface area is 200 Å². The summed E-state index contributed by atoms with van der Waals surface area (Å²) < 4.78 is 35.0. The average molecular weight is 479 g/mol. The highest BCUT2D eigenvalue weighted by Gasteiger charge is 2.30. The molecule has 180 valence electrons.